The number of halogens is 1. The Hall–Kier alpha value is -2.41. The Balaban J connectivity index is 1.80. The molecule has 2 atom stereocenters. The summed E-state index contributed by atoms with van der Waals surface area (Å²) in [5.74, 6) is 0.271. The van der Waals surface area contributed by atoms with Crippen LogP contribution in [-0.2, 0) is 0 Å². The summed E-state index contributed by atoms with van der Waals surface area (Å²) in [6.07, 6.45) is 6.27. The number of imidazole rings is 1. The summed E-state index contributed by atoms with van der Waals surface area (Å²) in [7, 11) is 0. The molecule has 2 aromatic rings. The number of amides is 1. The molecule has 1 aliphatic rings. The van der Waals surface area contributed by atoms with Crippen LogP contribution in [0.1, 0.15) is 29.7 Å². The van der Waals surface area contributed by atoms with E-state index >= 15 is 0 Å². The first-order valence-corrected chi connectivity index (χ1v) is 8.06. The lowest BCUT2D eigenvalue weighted by atomic mass is 9.93. The van der Waals surface area contributed by atoms with Gasteiger partial charge in [-0.3, -0.25) is 14.9 Å². The Morgan fingerprint density at radius 3 is 2.88 bits per heavy atom. The maximum absolute atomic E-state index is 12.7. The molecule has 2 heterocycles. The first-order chi connectivity index (χ1) is 11.5. The largest absolute Gasteiger partial charge is 0.337 e. The van der Waals surface area contributed by atoms with Crippen LogP contribution < -0.4 is 0 Å². The van der Waals surface area contributed by atoms with Crippen molar-refractivity contribution in [2.24, 2.45) is 5.92 Å². The van der Waals surface area contributed by atoms with E-state index < -0.39 is 4.92 Å². The molecule has 0 unspecified atom stereocenters. The maximum atomic E-state index is 12.7. The molecule has 3 rings (SSSR count). The van der Waals surface area contributed by atoms with E-state index in [0.29, 0.717) is 24.6 Å². The zero-order valence-corrected chi connectivity index (χ0v) is 13.9. The number of benzene rings is 1. The number of hydrogen-bond acceptors (Lipinski definition) is 4. The number of piperidine rings is 1. The highest BCUT2D eigenvalue weighted by Crippen LogP contribution is 2.30. The minimum absolute atomic E-state index is 0.0256. The Labute approximate surface area is 144 Å². The quantitative estimate of drug-likeness (QED) is 0.630. The summed E-state index contributed by atoms with van der Waals surface area (Å²) >= 11 is 5.92. The van der Waals surface area contributed by atoms with Gasteiger partial charge in [-0.2, -0.15) is 0 Å². The molecule has 0 bridgehead atoms. The fourth-order valence-electron chi connectivity index (χ4n) is 3.06. The van der Waals surface area contributed by atoms with E-state index in [4.69, 9.17) is 11.6 Å². The third-order valence-electron chi connectivity index (χ3n) is 4.51. The second-order valence-electron chi connectivity index (χ2n) is 6.02. The van der Waals surface area contributed by atoms with Gasteiger partial charge in [0.15, 0.2) is 0 Å². The van der Waals surface area contributed by atoms with Crippen LogP contribution in [0.15, 0.2) is 36.9 Å². The molecule has 1 saturated heterocycles. The Morgan fingerprint density at radius 1 is 1.46 bits per heavy atom. The molecule has 1 aliphatic heterocycles. The smallest absolute Gasteiger partial charge is 0.287 e. The third-order valence-corrected chi connectivity index (χ3v) is 4.81. The van der Waals surface area contributed by atoms with Crippen LogP contribution in [-0.4, -0.2) is 38.4 Å². The van der Waals surface area contributed by atoms with Gasteiger partial charge in [0.2, 0.25) is 0 Å². The van der Waals surface area contributed by atoms with Crippen molar-refractivity contribution in [3.05, 3.63) is 57.6 Å². The van der Waals surface area contributed by atoms with Gasteiger partial charge < -0.3 is 9.47 Å². The molecule has 1 aromatic carbocycles. The van der Waals surface area contributed by atoms with Gasteiger partial charge in [0.1, 0.15) is 5.02 Å². The van der Waals surface area contributed by atoms with Gasteiger partial charge in [0.05, 0.1) is 17.3 Å². The van der Waals surface area contributed by atoms with E-state index in [1.807, 2.05) is 10.8 Å². The van der Waals surface area contributed by atoms with Gasteiger partial charge >= 0.3 is 0 Å². The van der Waals surface area contributed by atoms with Crippen LogP contribution >= 0.6 is 11.6 Å². The molecular weight excluding hydrogens is 332 g/mol. The van der Waals surface area contributed by atoms with Crippen LogP contribution in [0.4, 0.5) is 5.69 Å². The lowest BCUT2D eigenvalue weighted by Gasteiger charge is -2.37. The Bertz CT molecular complexity index is 763. The number of rotatable bonds is 3. The lowest BCUT2D eigenvalue weighted by molar-refractivity contribution is -0.384. The van der Waals surface area contributed by atoms with Crippen molar-refractivity contribution in [2.75, 3.05) is 13.1 Å². The Morgan fingerprint density at radius 2 is 2.25 bits per heavy atom. The Kier molecular flexibility index (Phi) is 4.53. The minimum atomic E-state index is -0.561. The van der Waals surface area contributed by atoms with Gasteiger partial charge in [-0.1, -0.05) is 18.5 Å². The summed E-state index contributed by atoms with van der Waals surface area (Å²) in [6.45, 7) is 3.39. The fourth-order valence-corrected chi connectivity index (χ4v) is 3.31. The SMILES string of the molecule is C[C@@H]1CCN(C(=O)c2ccc([N+](=O)[O-])c(Cl)c2)C[C@@H]1n1ccnc1. The van der Waals surface area contributed by atoms with E-state index in [1.54, 1.807) is 17.4 Å². The van der Waals surface area contributed by atoms with Crippen molar-refractivity contribution in [1.82, 2.24) is 14.5 Å². The number of nitrogens with zero attached hydrogens (tertiary/aromatic N) is 4. The van der Waals surface area contributed by atoms with Gasteiger partial charge in [0.25, 0.3) is 11.6 Å². The van der Waals surface area contributed by atoms with E-state index in [2.05, 4.69) is 11.9 Å². The molecule has 8 heteroatoms. The number of aromatic nitrogens is 2. The summed E-state index contributed by atoms with van der Waals surface area (Å²) < 4.78 is 2.02. The van der Waals surface area contributed by atoms with E-state index in [0.717, 1.165) is 6.42 Å². The van der Waals surface area contributed by atoms with Crippen LogP contribution in [0, 0.1) is 16.0 Å². The molecular formula is C16H17ClN4O3. The van der Waals surface area contributed by atoms with Crippen molar-refractivity contribution in [1.29, 1.82) is 0 Å². The second kappa shape index (κ2) is 6.60. The molecule has 24 heavy (non-hydrogen) atoms. The van der Waals surface area contributed by atoms with Crippen LogP contribution in [0.5, 0.6) is 0 Å². The highest BCUT2D eigenvalue weighted by atomic mass is 35.5. The zero-order valence-electron chi connectivity index (χ0n) is 13.1. The molecule has 1 fully saturated rings. The monoisotopic (exact) mass is 348 g/mol. The zero-order chi connectivity index (χ0) is 17.3. The van der Waals surface area contributed by atoms with Crippen molar-refractivity contribution in [2.45, 2.75) is 19.4 Å². The first-order valence-electron chi connectivity index (χ1n) is 7.68. The summed E-state index contributed by atoms with van der Waals surface area (Å²) in [6, 6.07) is 4.26. The number of hydrogen-bond donors (Lipinski definition) is 0. The van der Waals surface area contributed by atoms with E-state index in [9.17, 15) is 14.9 Å². The topological polar surface area (TPSA) is 81.3 Å². The highest BCUT2D eigenvalue weighted by Gasteiger charge is 2.30. The molecule has 0 saturated carbocycles. The molecule has 0 radical (unpaired) electrons. The molecule has 0 aliphatic carbocycles. The number of carbonyl (C=O) groups excluding carboxylic acids is 1. The number of carbonyl (C=O) groups is 1. The summed E-state index contributed by atoms with van der Waals surface area (Å²) in [5, 5.41) is 10.8. The lowest BCUT2D eigenvalue weighted by Crippen LogP contribution is -2.43. The molecule has 126 valence electrons. The maximum Gasteiger partial charge on any atom is 0.287 e. The van der Waals surface area contributed by atoms with Crippen LogP contribution in [0.2, 0.25) is 5.02 Å². The predicted octanol–water partition coefficient (Wildman–Crippen LogP) is 3.17. The van der Waals surface area contributed by atoms with Crippen molar-refractivity contribution >= 4 is 23.2 Å². The predicted molar refractivity (Wildman–Crippen MR) is 89.1 cm³/mol. The normalized spacial score (nSPS) is 20.8. The molecule has 0 spiro atoms. The minimum Gasteiger partial charge on any atom is -0.337 e. The van der Waals surface area contributed by atoms with E-state index in [-0.39, 0.29) is 22.7 Å². The highest BCUT2D eigenvalue weighted by molar-refractivity contribution is 6.33. The first kappa shape index (κ1) is 16.4. The average Bonchev–Trinajstić information content (AvgIpc) is 3.08. The molecule has 1 amide bonds. The second-order valence-corrected chi connectivity index (χ2v) is 6.42. The van der Waals surface area contributed by atoms with Crippen molar-refractivity contribution in [3.63, 3.8) is 0 Å². The van der Waals surface area contributed by atoms with Gasteiger partial charge in [-0.05, 0) is 24.5 Å². The standard InChI is InChI=1S/C16H17ClN4O3/c1-11-4-6-19(9-15(11)20-7-5-18-10-20)16(22)12-2-3-14(21(23)24)13(17)8-12/h2-3,5,7-8,10-11,15H,4,6,9H2,1H3/t11-,15+/m1/s1. The number of nitro groups is 1. The third kappa shape index (κ3) is 3.12. The summed E-state index contributed by atoms with van der Waals surface area (Å²) in [4.78, 5) is 28.8. The average molecular weight is 349 g/mol. The van der Waals surface area contributed by atoms with Crippen molar-refractivity contribution < 1.29 is 9.72 Å². The molecule has 7 nitrogen and oxygen atoms in total. The van der Waals surface area contributed by atoms with E-state index in [1.165, 1.54) is 18.2 Å². The fraction of sp³-hybridized carbons (Fsp3) is 0.375. The van der Waals surface area contributed by atoms with Gasteiger partial charge in [-0.25, -0.2) is 4.98 Å². The molecule has 1 aromatic heterocycles. The van der Waals surface area contributed by atoms with Crippen LogP contribution in [0.25, 0.3) is 0 Å². The number of nitro benzene ring substituents is 1. The number of likely N-dealkylation sites (tertiary alicyclic amines) is 1. The van der Waals surface area contributed by atoms with Gasteiger partial charge in [0, 0.05) is 37.1 Å². The van der Waals surface area contributed by atoms with Crippen molar-refractivity contribution in [3.8, 4) is 0 Å². The van der Waals surface area contributed by atoms with Crippen LogP contribution in [0.3, 0.4) is 0 Å². The summed E-state index contributed by atoms with van der Waals surface area (Å²) in [5.41, 5.74) is 0.168. The molecule has 0 N–H and O–H groups in total. The van der Waals surface area contributed by atoms with Gasteiger partial charge in [-0.15, -0.1) is 0 Å².